The molecule has 8 rings (SSSR count). The molecule has 2 aromatic heterocycles. The molecule has 0 atom stereocenters. The highest BCUT2D eigenvalue weighted by atomic mass is 16.3. The van der Waals surface area contributed by atoms with Crippen LogP contribution < -0.4 is 0 Å². The van der Waals surface area contributed by atoms with E-state index < -0.39 is 0 Å². The molecule has 0 saturated carbocycles. The summed E-state index contributed by atoms with van der Waals surface area (Å²) in [5.41, 5.74) is 10.8. The van der Waals surface area contributed by atoms with Gasteiger partial charge in [0, 0.05) is 21.5 Å². The zero-order chi connectivity index (χ0) is 26.6. The molecule has 0 aliphatic carbocycles. The summed E-state index contributed by atoms with van der Waals surface area (Å²) in [7, 11) is 0. The highest BCUT2D eigenvalue weighted by Gasteiger charge is 2.14. The topological polar surface area (TPSA) is 50.1 Å². The third-order valence-electron chi connectivity index (χ3n) is 7.74. The van der Waals surface area contributed by atoms with Gasteiger partial charge in [-0.1, -0.05) is 72.8 Å². The van der Waals surface area contributed by atoms with Gasteiger partial charge in [0.1, 0.15) is 22.3 Å². The van der Waals surface area contributed by atoms with Crippen LogP contribution >= 0.6 is 0 Å². The maximum Gasteiger partial charge on any atom is 0.135 e. The molecule has 6 aromatic carbocycles. The van der Waals surface area contributed by atoms with Crippen molar-refractivity contribution in [2.75, 3.05) is 0 Å². The van der Waals surface area contributed by atoms with Gasteiger partial charge in [0.2, 0.25) is 0 Å². The molecule has 0 radical (unpaired) electrons. The molecule has 3 nitrogen and oxygen atoms in total. The Hall–Kier alpha value is -5.59. The van der Waals surface area contributed by atoms with Gasteiger partial charge < -0.3 is 8.83 Å². The van der Waals surface area contributed by atoms with Crippen LogP contribution in [0.3, 0.4) is 0 Å². The molecule has 0 aliphatic heterocycles. The molecule has 0 bridgehead atoms. The van der Waals surface area contributed by atoms with Crippen molar-refractivity contribution in [3.63, 3.8) is 0 Å². The van der Waals surface area contributed by atoms with Gasteiger partial charge in [-0.2, -0.15) is 5.26 Å². The Kier molecular flexibility index (Phi) is 4.89. The Morgan fingerprint density at radius 3 is 1.55 bits per heavy atom. The fourth-order valence-electron chi connectivity index (χ4n) is 5.74. The van der Waals surface area contributed by atoms with Gasteiger partial charge >= 0.3 is 0 Å². The standard InChI is InChI=1S/C37H21NO2/c38-22-23-9-11-24(12-10-23)31-19-25(26-14-17-36-32(20-26)29-5-1-3-7-34(29)39-36)13-16-28(31)27-15-18-37-33(21-27)30-6-2-4-8-35(30)40-37/h1-21H. The minimum Gasteiger partial charge on any atom is -0.456 e. The third-order valence-corrected chi connectivity index (χ3v) is 7.74. The summed E-state index contributed by atoms with van der Waals surface area (Å²) in [5.74, 6) is 0. The van der Waals surface area contributed by atoms with Crippen LogP contribution in [0.5, 0.6) is 0 Å². The summed E-state index contributed by atoms with van der Waals surface area (Å²) in [5, 5.41) is 13.8. The van der Waals surface area contributed by atoms with Crippen molar-refractivity contribution in [1.82, 2.24) is 0 Å². The van der Waals surface area contributed by atoms with Crippen LogP contribution in [0.25, 0.3) is 77.3 Å². The maximum atomic E-state index is 9.37. The van der Waals surface area contributed by atoms with Gasteiger partial charge in [-0.05, 0) is 88.0 Å². The number of fused-ring (bicyclic) bond motifs is 6. The Morgan fingerprint density at radius 1 is 0.400 bits per heavy atom. The lowest BCUT2D eigenvalue weighted by molar-refractivity contribution is 0.668. The normalized spacial score (nSPS) is 11.5. The van der Waals surface area contributed by atoms with Gasteiger partial charge in [0.25, 0.3) is 0 Å². The van der Waals surface area contributed by atoms with Crippen molar-refractivity contribution < 1.29 is 8.83 Å². The molecule has 0 spiro atoms. The van der Waals surface area contributed by atoms with Crippen molar-refractivity contribution in [3.05, 3.63) is 133 Å². The van der Waals surface area contributed by atoms with Crippen LogP contribution in [0.2, 0.25) is 0 Å². The molecule has 0 amide bonds. The van der Waals surface area contributed by atoms with Crippen molar-refractivity contribution >= 4 is 43.9 Å². The van der Waals surface area contributed by atoms with E-state index in [1.807, 2.05) is 60.7 Å². The van der Waals surface area contributed by atoms with Crippen LogP contribution in [0.4, 0.5) is 0 Å². The van der Waals surface area contributed by atoms with Gasteiger partial charge in [0.15, 0.2) is 0 Å². The van der Waals surface area contributed by atoms with Crippen molar-refractivity contribution in [3.8, 4) is 39.4 Å². The van der Waals surface area contributed by atoms with Crippen LogP contribution in [-0.4, -0.2) is 0 Å². The van der Waals surface area contributed by atoms with Crippen LogP contribution in [0.15, 0.2) is 136 Å². The smallest absolute Gasteiger partial charge is 0.135 e. The average molecular weight is 512 g/mol. The molecule has 0 unspecified atom stereocenters. The largest absolute Gasteiger partial charge is 0.456 e. The predicted molar refractivity (Wildman–Crippen MR) is 162 cm³/mol. The molecular formula is C37H21NO2. The zero-order valence-electron chi connectivity index (χ0n) is 21.4. The minimum absolute atomic E-state index is 0.644. The molecule has 40 heavy (non-hydrogen) atoms. The average Bonchev–Trinajstić information content (AvgIpc) is 3.58. The molecule has 3 heteroatoms. The van der Waals surface area contributed by atoms with Crippen molar-refractivity contribution in [1.29, 1.82) is 5.26 Å². The number of nitriles is 1. The molecular weight excluding hydrogens is 490 g/mol. The van der Waals surface area contributed by atoms with Gasteiger partial charge in [-0.3, -0.25) is 0 Å². The lowest BCUT2D eigenvalue weighted by Gasteiger charge is -2.14. The fraction of sp³-hybridized carbons (Fsp3) is 0. The first-order valence-corrected chi connectivity index (χ1v) is 13.2. The van der Waals surface area contributed by atoms with E-state index >= 15 is 0 Å². The van der Waals surface area contributed by atoms with Crippen LogP contribution in [0, 0.1) is 11.3 Å². The van der Waals surface area contributed by atoms with E-state index in [1.165, 1.54) is 0 Å². The Labute approximate surface area is 230 Å². The molecule has 0 fully saturated rings. The number of benzene rings is 6. The zero-order valence-corrected chi connectivity index (χ0v) is 21.4. The Morgan fingerprint density at radius 2 is 0.900 bits per heavy atom. The summed E-state index contributed by atoms with van der Waals surface area (Å²) in [6.07, 6.45) is 0. The molecule has 186 valence electrons. The first-order valence-electron chi connectivity index (χ1n) is 13.2. The Bertz CT molecular complexity index is 2280. The van der Waals surface area contributed by atoms with E-state index in [4.69, 9.17) is 8.83 Å². The second kappa shape index (κ2) is 8.73. The second-order valence-electron chi connectivity index (χ2n) is 10.1. The predicted octanol–water partition coefficient (Wildman–Crippen LogP) is 10.4. The first kappa shape index (κ1) is 22.4. The van der Waals surface area contributed by atoms with Crippen molar-refractivity contribution in [2.45, 2.75) is 0 Å². The van der Waals surface area contributed by atoms with Gasteiger partial charge in [0.05, 0.1) is 11.6 Å². The summed E-state index contributed by atoms with van der Waals surface area (Å²) >= 11 is 0. The molecule has 0 saturated heterocycles. The summed E-state index contributed by atoms with van der Waals surface area (Å²) in [4.78, 5) is 0. The monoisotopic (exact) mass is 511 g/mol. The van der Waals surface area contributed by atoms with E-state index in [0.29, 0.717) is 5.56 Å². The number of hydrogen-bond donors (Lipinski definition) is 0. The van der Waals surface area contributed by atoms with E-state index in [1.54, 1.807) is 0 Å². The number of hydrogen-bond acceptors (Lipinski definition) is 3. The van der Waals surface area contributed by atoms with Crippen LogP contribution in [-0.2, 0) is 0 Å². The lowest BCUT2D eigenvalue weighted by Crippen LogP contribution is -1.88. The minimum atomic E-state index is 0.644. The van der Waals surface area contributed by atoms with E-state index in [-0.39, 0.29) is 0 Å². The van der Waals surface area contributed by atoms with E-state index in [2.05, 4.69) is 72.8 Å². The summed E-state index contributed by atoms with van der Waals surface area (Å²) < 4.78 is 12.1. The van der Waals surface area contributed by atoms with E-state index in [9.17, 15) is 5.26 Å². The molecule has 0 aliphatic rings. The highest BCUT2D eigenvalue weighted by molar-refractivity contribution is 6.08. The SMILES string of the molecule is N#Cc1ccc(-c2cc(-c3ccc4oc5ccccc5c4c3)ccc2-c2ccc3oc4ccccc4c3c2)cc1. The number of rotatable bonds is 3. The number of para-hydroxylation sites is 2. The van der Waals surface area contributed by atoms with Gasteiger partial charge in [-0.15, -0.1) is 0 Å². The number of nitrogens with zero attached hydrogens (tertiary/aromatic N) is 1. The summed E-state index contributed by atoms with van der Waals surface area (Å²) in [6, 6.07) is 45.7. The number of furan rings is 2. The first-order chi connectivity index (χ1) is 19.7. The molecule has 0 N–H and O–H groups in total. The third kappa shape index (κ3) is 3.51. The fourth-order valence-corrected chi connectivity index (χ4v) is 5.74. The maximum absolute atomic E-state index is 9.37. The second-order valence-corrected chi connectivity index (χ2v) is 10.1. The highest BCUT2D eigenvalue weighted by Crippen LogP contribution is 2.40. The molecule has 2 heterocycles. The van der Waals surface area contributed by atoms with E-state index in [0.717, 1.165) is 77.3 Å². The van der Waals surface area contributed by atoms with Gasteiger partial charge in [-0.25, -0.2) is 0 Å². The lowest BCUT2D eigenvalue weighted by atomic mass is 9.90. The van der Waals surface area contributed by atoms with Crippen molar-refractivity contribution in [2.24, 2.45) is 0 Å². The summed E-state index contributed by atoms with van der Waals surface area (Å²) in [6.45, 7) is 0. The molecule has 8 aromatic rings. The quantitative estimate of drug-likeness (QED) is 0.237. The Balaban J connectivity index is 1.33. The van der Waals surface area contributed by atoms with Crippen LogP contribution in [0.1, 0.15) is 5.56 Å².